The van der Waals surface area contributed by atoms with Gasteiger partial charge in [0, 0.05) is 31.9 Å². The first-order valence-corrected chi connectivity index (χ1v) is 7.25. The summed E-state index contributed by atoms with van der Waals surface area (Å²) in [6.45, 7) is 3.58. The maximum absolute atomic E-state index is 12.3. The van der Waals surface area contributed by atoms with Crippen LogP contribution < -0.4 is 5.73 Å². The standard InChI is InChI=1S/C10H18N4O2S.ClH/c1-2-13-7-10(12-8-13)17(15,16)14-5-3-4-9(11)6-14;/h7-9H,2-6,11H2,1H3;1H/t9-;/m1./s1. The third-order valence-corrected chi connectivity index (χ3v) is 4.75. The first-order valence-electron chi connectivity index (χ1n) is 5.81. The summed E-state index contributed by atoms with van der Waals surface area (Å²) >= 11 is 0. The van der Waals surface area contributed by atoms with E-state index < -0.39 is 10.0 Å². The van der Waals surface area contributed by atoms with E-state index in [1.54, 1.807) is 10.8 Å². The molecule has 18 heavy (non-hydrogen) atoms. The molecule has 1 aromatic rings. The van der Waals surface area contributed by atoms with Crippen LogP contribution in [0.2, 0.25) is 0 Å². The molecule has 0 aromatic carbocycles. The summed E-state index contributed by atoms with van der Waals surface area (Å²) in [6, 6.07) is -0.0632. The molecule has 0 aliphatic carbocycles. The Morgan fingerprint density at radius 2 is 2.28 bits per heavy atom. The van der Waals surface area contributed by atoms with E-state index in [1.807, 2.05) is 6.92 Å². The maximum atomic E-state index is 12.3. The second-order valence-corrected chi connectivity index (χ2v) is 6.19. The fourth-order valence-corrected chi connectivity index (χ4v) is 3.44. The fraction of sp³-hybridized carbons (Fsp3) is 0.700. The average molecular weight is 295 g/mol. The van der Waals surface area contributed by atoms with Gasteiger partial charge in [0.25, 0.3) is 10.0 Å². The number of piperidine rings is 1. The van der Waals surface area contributed by atoms with Crippen molar-refractivity contribution in [1.29, 1.82) is 0 Å². The number of rotatable bonds is 3. The molecule has 8 heteroatoms. The normalized spacial score (nSPS) is 21.6. The molecule has 0 amide bonds. The van der Waals surface area contributed by atoms with Crippen molar-refractivity contribution in [3.63, 3.8) is 0 Å². The topological polar surface area (TPSA) is 81.2 Å². The molecule has 0 spiro atoms. The summed E-state index contributed by atoms with van der Waals surface area (Å²) in [6.07, 6.45) is 4.80. The summed E-state index contributed by atoms with van der Waals surface area (Å²) in [5.74, 6) is 0. The predicted molar refractivity (Wildman–Crippen MR) is 71.1 cm³/mol. The zero-order chi connectivity index (χ0) is 12.5. The number of nitrogens with zero attached hydrogens (tertiary/aromatic N) is 3. The van der Waals surface area contributed by atoms with Gasteiger partial charge < -0.3 is 10.3 Å². The van der Waals surface area contributed by atoms with Crippen LogP contribution in [0.5, 0.6) is 0 Å². The van der Waals surface area contributed by atoms with Gasteiger partial charge in [-0.15, -0.1) is 12.4 Å². The first-order chi connectivity index (χ1) is 8.04. The van der Waals surface area contributed by atoms with Crippen LogP contribution in [0, 0.1) is 0 Å². The minimum absolute atomic E-state index is 0. The molecule has 0 bridgehead atoms. The lowest BCUT2D eigenvalue weighted by atomic mass is 10.1. The minimum atomic E-state index is -3.46. The van der Waals surface area contributed by atoms with Gasteiger partial charge >= 0.3 is 0 Å². The molecule has 0 radical (unpaired) electrons. The highest BCUT2D eigenvalue weighted by Crippen LogP contribution is 2.18. The molecule has 0 saturated carbocycles. The molecular weight excluding hydrogens is 276 g/mol. The molecule has 6 nitrogen and oxygen atoms in total. The van der Waals surface area contributed by atoms with E-state index in [-0.39, 0.29) is 23.5 Å². The van der Waals surface area contributed by atoms with Crippen LogP contribution in [0.4, 0.5) is 0 Å². The van der Waals surface area contributed by atoms with Crippen molar-refractivity contribution in [3.05, 3.63) is 12.5 Å². The van der Waals surface area contributed by atoms with E-state index in [9.17, 15) is 8.42 Å². The third kappa shape index (κ3) is 3.03. The molecule has 2 heterocycles. The molecule has 2 N–H and O–H groups in total. The van der Waals surface area contributed by atoms with Gasteiger partial charge in [-0.2, -0.15) is 4.31 Å². The van der Waals surface area contributed by atoms with Crippen LogP contribution in [0.15, 0.2) is 17.6 Å². The smallest absolute Gasteiger partial charge is 0.262 e. The summed E-state index contributed by atoms with van der Waals surface area (Å²) in [4.78, 5) is 3.95. The molecule has 1 aliphatic heterocycles. The van der Waals surface area contributed by atoms with Crippen LogP contribution in [-0.2, 0) is 16.6 Å². The Hall–Kier alpha value is -0.630. The Bertz CT molecular complexity index is 488. The highest BCUT2D eigenvalue weighted by molar-refractivity contribution is 7.89. The molecule has 1 atom stereocenters. The molecule has 104 valence electrons. The Morgan fingerprint density at radius 1 is 1.56 bits per heavy atom. The van der Waals surface area contributed by atoms with Gasteiger partial charge in [-0.05, 0) is 19.8 Å². The van der Waals surface area contributed by atoms with Gasteiger partial charge in [0.2, 0.25) is 0 Å². The maximum Gasteiger partial charge on any atom is 0.262 e. The quantitative estimate of drug-likeness (QED) is 0.877. The van der Waals surface area contributed by atoms with Crippen molar-refractivity contribution in [2.45, 2.75) is 37.4 Å². The summed E-state index contributed by atoms with van der Waals surface area (Å²) in [5, 5.41) is 0.119. The van der Waals surface area contributed by atoms with E-state index in [1.165, 1.54) is 10.6 Å². The Morgan fingerprint density at radius 3 is 2.83 bits per heavy atom. The van der Waals surface area contributed by atoms with Crippen LogP contribution in [0.25, 0.3) is 0 Å². The van der Waals surface area contributed by atoms with Crippen molar-refractivity contribution in [2.24, 2.45) is 5.73 Å². The summed E-state index contributed by atoms with van der Waals surface area (Å²) in [5.41, 5.74) is 5.80. The van der Waals surface area contributed by atoms with Crippen LogP contribution >= 0.6 is 12.4 Å². The second kappa shape index (κ2) is 6.01. The lowest BCUT2D eigenvalue weighted by Crippen LogP contribution is -2.45. The highest BCUT2D eigenvalue weighted by Gasteiger charge is 2.30. The van der Waals surface area contributed by atoms with Crippen molar-refractivity contribution in [3.8, 4) is 0 Å². The highest BCUT2D eigenvalue weighted by atomic mass is 35.5. The van der Waals surface area contributed by atoms with E-state index in [2.05, 4.69) is 4.98 Å². The van der Waals surface area contributed by atoms with Crippen LogP contribution in [0.3, 0.4) is 0 Å². The molecule has 0 unspecified atom stereocenters. The molecule has 1 saturated heterocycles. The number of hydrogen-bond acceptors (Lipinski definition) is 4. The lowest BCUT2D eigenvalue weighted by Gasteiger charge is -2.29. The van der Waals surface area contributed by atoms with Gasteiger partial charge in [-0.1, -0.05) is 0 Å². The fourth-order valence-electron chi connectivity index (χ4n) is 1.97. The minimum Gasteiger partial charge on any atom is -0.336 e. The van der Waals surface area contributed by atoms with E-state index in [0.717, 1.165) is 12.8 Å². The van der Waals surface area contributed by atoms with Crippen molar-refractivity contribution in [2.75, 3.05) is 13.1 Å². The second-order valence-electron chi connectivity index (χ2n) is 4.31. The lowest BCUT2D eigenvalue weighted by molar-refractivity contribution is 0.315. The van der Waals surface area contributed by atoms with Gasteiger partial charge in [0.05, 0.1) is 6.33 Å². The number of sulfonamides is 1. The van der Waals surface area contributed by atoms with Crippen molar-refractivity contribution < 1.29 is 8.42 Å². The number of halogens is 1. The first kappa shape index (κ1) is 15.4. The molecule has 2 rings (SSSR count). The molecule has 1 fully saturated rings. The predicted octanol–water partition coefficient (Wildman–Crippen LogP) is 0.437. The van der Waals surface area contributed by atoms with Crippen LogP contribution in [-0.4, -0.2) is 41.4 Å². The van der Waals surface area contributed by atoms with Crippen LogP contribution in [0.1, 0.15) is 19.8 Å². The van der Waals surface area contributed by atoms with Gasteiger partial charge in [-0.3, -0.25) is 0 Å². The number of aromatic nitrogens is 2. The molecular formula is C10H19ClN4O2S. The number of hydrogen-bond donors (Lipinski definition) is 1. The Kier molecular flexibility index (Phi) is 5.15. The average Bonchev–Trinajstić information content (AvgIpc) is 2.78. The van der Waals surface area contributed by atoms with Crippen molar-refractivity contribution >= 4 is 22.4 Å². The van der Waals surface area contributed by atoms with Gasteiger partial charge in [-0.25, -0.2) is 13.4 Å². The largest absolute Gasteiger partial charge is 0.336 e. The zero-order valence-corrected chi connectivity index (χ0v) is 12.0. The molecule has 1 aromatic heterocycles. The van der Waals surface area contributed by atoms with E-state index in [0.29, 0.717) is 19.6 Å². The number of imidazole rings is 1. The van der Waals surface area contributed by atoms with E-state index in [4.69, 9.17) is 5.73 Å². The van der Waals surface area contributed by atoms with Crippen molar-refractivity contribution in [1.82, 2.24) is 13.9 Å². The zero-order valence-electron chi connectivity index (χ0n) is 10.3. The monoisotopic (exact) mass is 294 g/mol. The number of aryl methyl sites for hydroxylation is 1. The van der Waals surface area contributed by atoms with Gasteiger partial charge in [0.1, 0.15) is 0 Å². The number of nitrogens with two attached hydrogens (primary N) is 1. The summed E-state index contributed by atoms with van der Waals surface area (Å²) < 4.78 is 27.7. The Balaban J connectivity index is 0.00000162. The van der Waals surface area contributed by atoms with E-state index >= 15 is 0 Å². The summed E-state index contributed by atoms with van der Waals surface area (Å²) in [7, 11) is -3.46. The molecule has 1 aliphatic rings. The third-order valence-electron chi connectivity index (χ3n) is 3.00. The SMILES string of the molecule is CCn1cnc(S(=O)(=O)N2CCC[C@@H](N)C2)c1.Cl. The van der Waals surface area contributed by atoms with Gasteiger partial charge in [0.15, 0.2) is 5.03 Å². The Labute approximate surface area is 114 Å².